The first-order valence-corrected chi connectivity index (χ1v) is 7.40. The molecule has 7 heteroatoms. The molecule has 2 aromatic rings. The molecule has 0 heterocycles. The number of para-hydroxylation sites is 1. The van der Waals surface area contributed by atoms with Gasteiger partial charge in [0.25, 0.3) is 5.69 Å². The lowest BCUT2D eigenvalue weighted by Gasteiger charge is -2.07. The van der Waals surface area contributed by atoms with E-state index in [1.54, 1.807) is 36.4 Å². The summed E-state index contributed by atoms with van der Waals surface area (Å²) in [5.41, 5.74) is 0.493. The standard InChI is InChI=1S/C17H14ClNO5/c18-15-6-1-2-7-16(15)23-10-11-24-17(20)9-8-13-4-3-5-14(12-13)19(21)22/h1-9,12H,10-11H2/b9-8+. The normalized spacial score (nSPS) is 10.5. The maximum absolute atomic E-state index is 11.6. The van der Waals surface area contributed by atoms with Crippen molar-refractivity contribution in [2.75, 3.05) is 13.2 Å². The van der Waals surface area contributed by atoms with Crippen LogP contribution in [-0.2, 0) is 9.53 Å². The average Bonchev–Trinajstić information content (AvgIpc) is 2.58. The first-order chi connectivity index (χ1) is 11.6. The zero-order valence-corrected chi connectivity index (χ0v) is 13.3. The first-order valence-electron chi connectivity index (χ1n) is 7.03. The Morgan fingerprint density at radius 1 is 1.17 bits per heavy atom. The van der Waals surface area contributed by atoms with Gasteiger partial charge in [-0.05, 0) is 23.8 Å². The summed E-state index contributed by atoms with van der Waals surface area (Å²) >= 11 is 5.93. The van der Waals surface area contributed by atoms with E-state index in [1.807, 2.05) is 0 Å². The summed E-state index contributed by atoms with van der Waals surface area (Å²) < 4.78 is 10.4. The van der Waals surface area contributed by atoms with Crippen molar-refractivity contribution in [2.24, 2.45) is 0 Å². The van der Waals surface area contributed by atoms with Crippen molar-refractivity contribution in [1.29, 1.82) is 0 Å². The third kappa shape index (κ3) is 5.40. The second kappa shape index (κ2) is 8.69. The summed E-state index contributed by atoms with van der Waals surface area (Å²) in [5, 5.41) is 11.2. The number of hydrogen-bond donors (Lipinski definition) is 0. The molecular formula is C17H14ClNO5. The van der Waals surface area contributed by atoms with Gasteiger partial charge in [-0.3, -0.25) is 10.1 Å². The highest BCUT2D eigenvalue weighted by atomic mass is 35.5. The molecular weight excluding hydrogens is 334 g/mol. The van der Waals surface area contributed by atoms with E-state index in [1.165, 1.54) is 24.3 Å². The van der Waals surface area contributed by atoms with Gasteiger partial charge in [0.15, 0.2) is 0 Å². The minimum absolute atomic E-state index is 0.0429. The molecule has 6 nitrogen and oxygen atoms in total. The molecule has 2 rings (SSSR count). The van der Waals surface area contributed by atoms with Crippen molar-refractivity contribution in [3.05, 3.63) is 75.3 Å². The van der Waals surface area contributed by atoms with Crippen molar-refractivity contribution >= 4 is 29.3 Å². The van der Waals surface area contributed by atoms with Gasteiger partial charge in [-0.15, -0.1) is 0 Å². The molecule has 0 fully saturated rings. The first kappa shape index (κ1) is 17.5. The van der Waals surface area contributed by atoms with Crippen molar-refractivity contribution in [2.45, 2.75) is 0 Å². The van der Waals surface area contributed by atoms with Crippen molar-refractivity contribution in [3.63, 3.8) is 0 Å². The predicted molar refractivity (Wildman–Crippen MR) is 90.0 cm³/mol. The molecule has 0 saturated carbocycles. The number of nitro groups is 1. The number of carbonyl (C=O) groups excluding carboxylic acids is 1. The van der Waals surface area contributed by atoms with Gasteiger partial charge >= 0.3 is 5.97 Å². The Hall–Kier alpha value is -2.86. The van der Waals surface area contributed by atoms with Crippen LogP contribution in [-0.4, -0.2) is 24.1 Å². The minimum atomic E-state index is -0.565. The molecule has 0 amide bonds. The fourth-order valence-electron chi connectivity index (χ4n) is 1.81. The summed E-state index contributed by atoms with van der Waals surface area (Å²) in [6.07, 6.45) is 2.65. The van der Waals surface area contributed by atoms with Gasteiger partial charge in [-0.1, -0.05) is 35.9 Å². The molecule has 0 aliphatic carbocycles. The van der Waals surface area contributed by atoms with Crippen LogP contribution in [0.4, 0.5) is 5.69 Å². The molecule has 0 aliphatic heterocycles. The van der Waals surface area contributed by atoms with E-state index in [0.717, 1.165) is 0 Å². The van der Waals surface area contributed by atoms with Crippen LogP contribution in [0, 0.1) is 10.1 Å². The molecule has 0 unspecified atom stereocenters. The number of nitrogens with zero attached hydrogens (tertiary/aromatic N) is 1. The summed E-state index contributed by atoms with van der Waals surface area (Å²) in [6, 6.07) is 12.9. The summed E-state index contributed by atoms with van der Waals surface area (Å²) in [7, 11) is 0. The number of rotatable bonds is 7. The maximum Gasteiger partial charge on any atom is 0.330 e. The molecule has 0 aliphatic rings. The lowest BCUT2D eigenvalue weighted by Crippen LogP contribution is -2.10. The predicted octanol–water partition coefficient (Wildman–Crippen LogP) is 3.88. The van der Waals surface area contributed by atoms with Crippen LogP contribution in [0.2, 0.25) is 5.02 Å². The molecule has 0 aromatic heterocycles. The lowest BCUT2D eigenvalue weighted by molar-refractivity contribution is -0.384. The Balaban J connectivity index is 1.78. The topological polar surface area (TPSA) is 78.7 Å². The van der Waals surface area contributed by atoms with Crippen molar-refractivity contribution < 1.29 is 19.2 Å². The van der Waals surface area contributed by atoms with Gasteiger partial charge < -0.3 is 9.47 Å². The van der Waals surface area contributed by atoms with Gasteiger partial charge in [-0.25, -0.2) is 4.79 Å². The molecule has 2 aromatic carbocycles. The fraction of sp³-hybridized carbons (Fsp3) is 0.118. The zero-order valence-electron chi connectivity index (χ0n) is 12.6. The van der Waals surface area contributed by atoms with Gasteiger partial charge in [0.05, 0.1) is 9.95 Å². The van der Waals surface area contributed by atoms with E-state index in [9.17, 15) is 14.9 Å². The molecule has 0 N–H and O–H groups in total. The minimum Gasteiger partial charge on any atom is -0.488 e. The SMILES string of the molecule is O=C(/C=C/c1cccc([N+](=O)[O-])c1)OCCOc1ccccc1Cl. The Kier molecular flexibility index (Phi) is 6.33. The number of hydrogen-bond acceptors (Lipinski definition) is 5. The average molecular weight is 348 g/mol. The number of non-ortho nitro benzene ring substituents is 1. The molecule has 0 atom stereocenters. The van der Waals surface area contributed by atoms with Gasteiger partial charge in [0.1, 0.15) is 19.0 Å². The zero-order chi connectivity index (χ0) is 17.4. The van der Waals surface area contributed by atoms with Crippen LogP contribution >= 0.6 is 11.6 Å². The third-order valence-corrected chi connectivity index (χ3v) is 3.23. The number of benzene rings is 2. The Morgan fingerprint density at radius 3 is 2.71 bits per heavy atom. The Bertz CT molecular complexity index is 760. The third-order valence-electron chi connectivity index (χ3n) is 2.91. The number of nitro benzene ring substituents is 1. The Morgan fingerprint density at radius 2 is 1.96 bits per heavy atom. The summed E-state index contributed by atoms with van der Waals surface area (Å²) in [4.78, 5) is 21.8. The quantitative estimate of drug-likeness (QED) is 0.250. The van der Waals surface area contributed by atoms with Gasteiger partial charge in [0, 0.05) is 18.2 Å². The Labute approximate surface area is 143 Å². The summed E-state index contributed by atoms with van der Waals surface area (Å²) in [5.74, 6) is -0.0494. The van der Waals surface area contributed by atoms with Crippen molar-refractivity contribution in [3.8, 4) is 5.75 Å². The highest BCUT2D eigenvalue weighted by molar-refractivity contribution is 6.32. The number of esters is 1. The monoisotopic (exact) mass is 347 g/mol. The van der Waals surface area contributed by atoms with Crippen LogP contribution in [0.1, 0.15) is 5.56 Å². The molecule has 0 spiro atoms. The number of carbonyl (C=O) groups is 1. The second-order valence-corrected chi connectivity index (χ2v) is 5.04. The molecule has 0 radical (unpaired) electrons. The van der Waals surface area contributed by atoms with E-state index < -0.39 is 10.9 Å². The fourth-order valence-corrected chi connectivity index (χ4v) is 2.00. The lowest BCUT2D eigenvalue weighted by atomic mass is 10.2. The van der Waals surface area contributed by atoms with E-state index >= 15 is 0 Å². The van der Waals surface area contributed by atoms with Gasteiger partial charge in [0.2, 0.25) is 0 Å². The van der Waals surface area contributed by atoms with Crippen LogP contribution < -0.4 is 4.74 Å². The number of ether oxygens (including phenoxy) is 2. The second-order valence-electron chi connectivity index (χ2n) is 4.63. The largest absolute Gasteiger partial charge is 0.488 e. The van der Waals surface area contributed by atoms with E-state index in [-0.39, 0.29) is 18.9 Å². The molecule has 0 bridgehead atoms. The van der Waals surface area contributed by atoms with Crippen LogP contribution in [0.3, 0.4) is 0 Å². The van der Waals surface area contributed by atoms with Crippen LogP contribution in [0.15, 0.2) is 54.6 Å². The molecule has 0 saturated heterocycles. The number of halogens is 1. The smallest absolute Gasteiger partial charge is 0.330 e. The molecule has 124 valence electrons. The summed E-state index contributed by atoms with van der Waals surface area (Å²) in [6.45, 7) is 0.226. The van der Waals surface area contributed by atoms with Crippen LogP contribution in [0.25, 0.3) is 6.08 Å². The van der Waals surface area contributed by atoms with Gasteiger partial charge in [-0.2, -0.15) is 0 Å². The maximum atomic E-state index is 11.6. The van der Waals surface area contributed by atoms with E-state index in [2.05, 4.69) is 0 Å². The van der Waals surface area contributed by atoms with Crippen LogP contribution in [0.5, 0.6) is 5.75 Å². The highest BCUT2D eigenvalue weighted by Gasteiger charge is 2.05. The van der Waals surface area contributed by atoms with E-state index in [4.69, 9.17) is 21.1 Å². The van der Waals surface area contributed by atoms with E-state index in [0.29, 0.717) is 16.3 Å². The van der Waals surface area contributed by atoms with Crippen molar-refractivity contribution in [1.82, 2.24) is 0 Å². The molecule has 24 heavy (non-hydrogen) atoms. The highest BCUT2D eigenvalue weighted by Crippen LogP contribution is 2.22.